The van der Waals surface area contributed by atoms with E-state index in [0.29, 0.717) is 44.1 Å². The first kappa shape index (κ1) is 25.4. The van der Waals surface area contributed by atoms with Crippen LogP contribution < -0.4 is 10.5 Å². The molecule has 1 N–H and O–H groups in total. The Labute approximate surface area is 229 Å². The normalized spacial score (nSPS) is 14.9. The minimum absolute atomic E-state index is 0.0680. The van der Waals surface area contributed by atoms with Crippen molar-refractivity contribution in [1.29, 1.82) is 0 Å². The Bertz CT molecular complexity index is 1710. The van der Waals surface area contributed by atoms with Crippen LogP contribution in [0.25, 0.3) is 10.9 Å². The van der Waals surface area contributed by atoms with Gasteiger partial charge >= 0.3 is 0 Å². The number of aromatic nitrogens is 5. The molecule has 1 unspecified atom stereocenters. The highest BCUT2D eigenvalue weighted by Crippen LogP contribution is 2.30. The van der Waals surface area contributed by atoms with E-state index in [9.17, 15) is 14.9 Å². The molecule has 2 aromatic heterocycles. The van der Waals surface area contributed by atoms with E-state index in [1.165, 1.54) is 12.1 Å². The van der Waals surface area contributed by atoms with Gasteiger partial charge in [0.1, 0.15) is 6.04 Å². The molecule has 1 atom stereocenters. The van der Waals surface area contributed by atoms with Crippen LogP contribution in [0.2, 0.25) is 0 Å². The van der Waals surface area contributed by atoms with E-state index in [4.69, 9.17) is 0 Å². The zero-order valence-corrected chi connectivity index (χ0v) is 22.0. The summed E-state index contributed by atoms with van der Waals surface area (Å²) in [6.45, 7) is 5.11. The number of hydrogen-bond donors (Lipinski definition) is 1. The van der Waals surface area contributed by atoms with E-state index >= 15 is 0 Å². The average Bonchev–Trinajstić information content (AvgIpc) is 3.42. The first-order chi connectivity index (χ1) is 19.5. The quantitative estimate of drug-likeness (QED) is 0.247. The van der Waals surface area contributed by atoms with Gasteiger partial charge in [0.2, 0.25) is 0 Å². The summed E-state index contributed by atoms with van der Waals surface area (Å²) in [4.78, 5) is 31.8. The molecule has 6 rings (SSSR count). The van der Waals surface area contributed by atoms with Crippen LogP contribution in [0.5, 0.6) is 0 Å². The van der Waals surface area contributed by atoms with Crippen LogP contribution in [0.15, 0.2) is 83.7 Å². The molecule has 0 radical (unpaired) electrons. The van der Waals surface area contributed by atoms with Gasteiger partial charge in [-0.15, -0.1) is 5.10 Å². The summed E-state index contributed by atoms with van der Waals surface area (Å²) in [5.74, 6) is 0.602. The highest BCUT2D eigenvalue weighted by atomic mass is 16.6. The number of nitrogens with one attached hydrogen (secondary N) is 1. The van der Waals surface area contributed by atoms with E-state index in [1.807, 2.05) is 61.5 Å². The molecule has 1 fully saturated rings. The summed E-state index contributed by atoms with van der Waals surface area (Å²) in [5.41, 5.74) is 4.30. The number of para-hydroxylation sites is 1. The number of nitrogens with zero attached hydrogens (tertiary/aromatic N) is 7. The lowest BCUT2D eigenvalue weighted by Crippen LogP contribution is -2.49. The lowest BCUT2D eigenvalue weighted by atomic mass is 10.0. The lowest BCUT2D eigenvalue weighted by Gasteiger charge is -2.39. The number of non-ortho nitro benzene ring substituents is 1. The Balaban J connectivity index is 1.35. The number of fused-ring (bicyclic) bond motifs is 1. The standard InChI is InChI=1S/C29H28N8O3/c1-20-6-5-9-22-18-25(29(38)30-26(20)22)27(28-31-32-33-36(28)19-21-7-3-2-4-8-21)35-16-14-34(15-17-35)23-10-12-24(13-11-23)37(39)40/h2-13,18,27H,14-17,19H2,1H3,(H,30,38). The lowest BCUT2D eigenvalue weighted by molar-refractivity contribution is -0.384. The van der Waals surface area contributed by atoms with Gasteiger partial charge in [0.15, 0.2) is 5.82 Å². The van der Waals surface area contributed by atoms with Crippen LogP contribution in [0.1, 0.15) is 28.6 Å². The van der Waals surface area contributed by atoms with Gasteiger partial charge in [-0.1, -0.05) is 48.5 Å². The van der Waals surface area contributed by atoms with Gasteiger partial charge in [-0.05, 0) is 52.1 Å². The number of anilines is 1. The fourth-order valence-corrected chi connectivity index (χ4v) is 5.40. The molecule has 0 amide bonds. The summed E-state index contributed by atoms with van der Waals surface area (Å²) in [6.07, 6.45) is 0. The van der Waals surface area contributed by atoms with E-state index in [2.05, 4.69) is 30.3 Å². The van der Waals surface area contributed by atoms with Crippen LogP contribution in [-0.4, -0.2) is 61.2 Å². The van der Waals surface area contributed by atoms with Crippen molar-refractivity contribution in [2.75, 3.05) is 31.1 Å². The molecule has 0 saturated carbocycles. The molecule has 3 heterocycles. The maximum absolute atomic E-state index is 13.6. The molecule has 5 aromatic rings. The van der Waals surface area contributed by atoms with Crippen molar-refractivity contribution in [3.63, 3.8) is 0 Å². The highest BCUT2D eigenvalue weighted by molar-refractivity contribution is 5.82. The number of aromatic amines is 1. The SMILES string of the molecule is Cc1cccc2cc(C(c3nnnn3Cc3ccccc3)N3CCN(c4ccc([N+](=O)[O-])cc4)CC3)c(=O)[nH]c12. The number of H-pyrrole nitrogens is 1. The summed E-state index contributed by atoms with van der Waals surface area (Å²) < 4.78 is 1.77. The summed E-state index contributed by atoms with van der Waals surface area (Å²) in [6, 6.07) is 24.0. The van der Waals surface area contributed by atoms with Crippen molar-refractivity contribution >= 4 is 22.3 Å². The molecule has 40 heavy (non-hydrogen) atoms. The van der Waals surface area contributed by atoms with Crippen molar-refractivity contribution in [3.05, 3.63) is 122 Å². The molecule has 3 aromatic carbocycles. The number of nitro groups is 1. The molecule has 1 aliphatic rings. The first-order valence-corrected chi connectivity index (χ1v) is 13.1. The number of aryl methyl sites for hydroxylation is 1. The average molecular weight is 537 g/mol. The third-order valence-corrected chi connectivity index (χ3v) is 7.50. The molecular weight excluding hydrogens is 508 g/mol. The predicted molar refractivity (Wildman–Crippen MR) is 151 cm³/mol. The van der Waals surface area contributed by atoms with Gasteiger partial charge in [-0.3, -0.25) is 19.8 Å². The van der Waals surface area contributed by atoms with Crippen molar-refractivity contribution in [3.8, 4) is 0 Å². The molecule has 0 aliphatic carbocycles. The van der Waals surface area contributed by atoms with Gasteiger partial charge in [0.05, 0.1) is 17.0 Å². The van der Waals surface area contributed by atoms with Crippen molar-refractivity contribution in [2.45, 2.75) is 19.5 Å². The third kappa shape index (κ3) is 4.94. The number of pyridine rings is 1. The number of nitro benzene ring substituents is 1. The molecule has 1 saturated heterocycles. The second-order valence-electron chi connectivity index (χ2n) is 9.97. The second-order valence-corrected chi connectivity index (χ2v) is 9.97. The number of tetrazole rings is 1. The maximum Gasteiger partial charge on any atom is 0.269 e. The summed E-state index contributed by atoms with van der Waals surface area (Å²) in [7, 11) is 0. The number of hydrogen-bond acceptors (Lipinski definition) is 8. The third-order valence-electron chi connectivity index (χ3n) is 7.50. The summed E-state index contributed by atoms with van der Waals surface area (Å²) >= 11 is 0. The Hall–Kier alpha value is -4.90. The molecule has 11 nitrogen and oxygen atoms in total. The zero-order valence-electron chi connectivity index (χ0n) is 22.0. The molecule has 1 aliphatic heterocycles. The topological polar surface area (TPSA) is 126 Å². The minimum atomic E-state index is -0.466. The molecule has 0 spiro atoms. The summed E-state index contributed by atoms with van der Waals surface area (Å²) in [5, 5.41) is 24.8. The Morgan fingerprint density at radius 1 is 0.975 bits per heavy atom. The monoisotopic (exact) mass is 536 g/mol. The zero-order chi connectivity index (χ0) is 27.6. The maximum atomic E-state index is 13.6. The minimum Gasteiger partial charge on any atom is -0.369 e. The van der Waals surface area contributed by atoms with Crippen LogP contribution in [0.4, 0.5) is 11.4 Å². The Morgan fingerprint density at radius 2 is 1.73 bits per heavy atom. The smallest absolute Gasteiger partial charge is 0.269 e. The fraction of sp³-hybridized carbons (Fsp3) is 0.241. The molecular formula is C29H28N8O3. The largest absolute Gasteiger partial charge is 0.369 e. The van der Waals surface area contributed by atoms with E-state index in [1.54, 1.807) is 16.8 Å². The number of benzene rings is 3. The highest BCUT2D eigenvalue weighted by Gasteiger charge is 2.33. The Morgan fingerprint density at radius 3 is 2.45 bits per heavy atom. The van der Waals surface area contributed by atoms with Crippen LogP contribution in [-0.2, 0) is 6.54 Å². The van der Waals surface area contributed by atoms with Crippen LogP contribution in [0.3, 0.4) is 0 Å². The number of rotatable bonds is 7. The number of piperazine rings is 1. The van der Waals surface area contributed by atoms with Gasteiger partial charge in [-0.2, -0.15) is 0 Å². The van der Waals surface area contributed by atoms with E-state index in [0.717, 1.165) is 27.7 Å². The first-order valence-electron chi connectivity index (χ1n) is 13.1. The molecule has 11 heteroatoms. The van der Waals surface area contributed by atoms with Crippen LogP contribution >= 0.6 is 0 Å². The van der Waals surface area contributed by atoms with E-state index in [-0.39, 0.29) is 11.2 Å². The van der Waals surface area contributed by atoms with Crippen molar-refractivity contribution in [1.82, 2.24) is 30.1 Å². The van der Waals surface area contributed by atoms with Crippen LogP contribution in [0, 0.1) is 17.0 Å². The molecule has 202 valence electrons. The Kier molecular flexibility index (Phi) is 6.79. The fourth-order valence-electron chi connectivity index (χ4n) is 5.40. The molecule has 0 bridgehead atoms. The van der Waals surface area contributed by atoms with Crippen molar-refractivity contribution < 1.29 is 4.92 Å². The van der Waals surface area contributed by atoms with Gasteiger partial charge in [0.25, 0.3) is 11.2 Å². The van der Waals surface area contributed by atoms with Gasteiger partial charge in [0, 0.05) is 49.6 Å². The second kappa shape index (κ2) is 10.7. The van der Waals surface area contributed by atoms with Gasteiger partial charge in [-0.25, -0.2) is 4.68 Å². The predicted octanol–water partition coefficient (Wildman–Crippen LogP) is 3.69. The van der Waals surface area contributed by atoms with Gasteiger partial charge < -0.3 is 9.88 Å². The van der Waals surface area contributed by atoms with E-state index < -0.39 is 11.0 Å². The van der Waals surface area contributed by atoms with Crippen molar-refractivity contribution in [2.24, 2.45) is 0 Å².